The third-order valence-corrected chi connectivity index (χ3v) is 7.24. The van der Waals surface area contributed by atoms with Crippen molar-refractivity contribution >= 4 is 34.2 Å². The van der Waals surface area contributed by atoms with E-state index in [9.17, 15) is 19.8 Å². The summed E-state index contributed by atoms with van der Waals surface area (Å²) in [4.78, 5) is 27.6. The zero-order valence-electron chi connectivity index (χ0n) is 21.4. The quantitative estimate of drug-likeness (QED) is 0.418. The van der Waals surface area contributed by atoms with Gasteiger partial charge in [-0.05, 0) is 36.2 Å². The molecule has 0 spiro atoms. The van der Waals surface area contributed by atoms with Crippen LogP contribution in [0.2, 0.25) is 5.02 Å². The minimum absolute atomic E-state index is 0.0562. The molecule has 2 aromatic carbocycles. The molecule has 0 radical (unpaired) electrons. The summed E-state index contributed by atoms with van der Waals surface area (Å²) in [5, 5.41) is 20.0. The zero-order valence-corrected chi connectivity index (χ0v) is 22.1. The fourth-order valence-corrected chi connectivity index (χ4v) is 5.03. The highest BCUT2D eigenvalue weighted by Gasteiger charge is 2.26. The third kappa shape index (κ3) is 5.35. The Labute approximate surface area is 223 Å². The number of aliphatic hydroxyl groups excluding tert-OH is 1. The molecule has 1 fully saturated rings. The summed E-state index contributed by atoms with van der Waals surface area (Å²) < 4.78 is 33.1. The predicted octanol–water partition coefficient (Wildman–Crippen LogP) is 3.50. The number of hydrogen-bond acceptors (Lipinski definition) is 7. The number of carbonyl (C=O) groups is 1. The Morgan fingerprint density at radius 1 is 1.18 bits per heavy atom. The van der Waals surface area contributed by atoms with Crippen molar-refractivity contribution in [2.75, 3.05) is 52.0 Å². The normalized spacial score (nSPS) is 15.5. The summed E-state index contributed by atoms with van der Waals surface area (Å²) >= 11 is 6.27. The van der Waals surface area contributed by atoms with Crippen LogP contribution in [0.3, 0.4) is 0 Å². The first-order valence-electron chi connectivity index (χ1n) is 12.1. The molecule has 1 aromatic heterocycles. The Bertz CT molecular complexity index is 1400. The lowest BCUT2D eigenvalue weighted by Crippen LogP contribution is -2.36. The van der Waals surface area contributed by atoms with E-state index in [-0.39, 0.29) is 29.0 Å². The second-order valence-electron chi connectivity index (χ2n) is 9.13. The average Bonchev–Trinajstić information content (AvgIpc) is 2.92. The van der Waals surface area contributed by atoms with E-state index < -0.39 is 34.9 Å². The van der Waals surface area contributed by atoms with E-state index in [0.717, 1.165) is 5.69 Å². The summed E-state index contributed by atoms with van der Waals surface area (Å²) in [7, 11) is 2.92. The van der Waals surface area contributed by atoms with Crippen LogP contribution in [0.25, 0.3) is 10.9 Å². The molecule has 2 unspecified atom stereocenters. The molecular formula is C27H30ClFN2O7. The van der Waals surface area contributed by atoms with Gasteiger partial charge in [0, 0.05) is 44.6 Å². The number of aromatic carboxylic acids is 1. The van der Waals surface area contributed by atoms with Crippen molar-refractivity contribution in [1.29, 1.82) is 0 Å². The highest BCUT2D eigenvalue weighted by Crippen LogP contribution is 2.33. The molecule has 0 aliphatic carbocycles. The lowest BCUT2D eigenvalue weighted by Gasteiger charge is -2.29. The number of pyridine rings is 1. The van der Waals surface area contributed by atoms with Gasteiger partial charge in [-0.15, -0.1) is 0 Å². The number of carboxylic acid groups (broad SMARTS) is 1. The van der Waals surface area contributed by atoms with Gasteiger partial charge in [-0.25, -0.2) is 9.18 Å². The maximum Gasteiger partial charge on any atom is 0.341 e. The monoisotopic (exact) mass is 548 g/mol. The first kappa shape index (κ1) is 27.8. The number of aromatic nitrogens is 1. The van der Waals surface area contributed by atoms with Crippen LogP contribution < -0.4 is 15.1 Å². The molecule has 0 saturated carbocycles. The fraction of sp³-hybridized carbons (Fsp3) is 0.407. The van der Waals surface area contributed by atoms with Crippen LogP contribution in [-0.2, 0) is 15.9 Å². The summed E-state index contributed by atoms with van der Waals surface area (Å²) in [6.45, 7) is 3.65. The van der Waals surface area contributed by atoms with Gasteiger partial charge in [0.15, 0.2) is 0 Å². The second-order valence-corrected chi connectivity index (χ2v) is 9.54. The van der Waals surface area contributed by atoms with E-state index in [4.69, 9.17) is 25.8 Å². The number of nitrogens with zero attached hydrogens (tertiary/aromatic N) is 2. The van der Waals surface area contributed by atoms with Gasteiger partial charge in [0.1, 0.15) is 17.1 Å². The van der Waals surface area contributed by atoms with Crippen LogP contribution in [0, 0.1) is 5.82 Å². The number of hydrogen-bond donors (Lipinski definition) is 2. The Morgan fingerprint density at radius 2 is 1.89 bits per heavy atom. The van der Waals surface area contributed by atoms with Crippen LogP contribution in [0.5, 0.6) is 5.75 Å². The first-order valence-corrected chi connectivity index (χ1v) is 12.5. The fourth-order valence-electron chi connectivity index (χ4n) is 4.80. The summed E-state index contributed by atoms with van der Waals surface area (Å²) in [5.41, 5.74) is 0.444. The number of carboxylic acids is 1. The van der Waals surface area contributed by atoms with Gasteiger partial charge in [-0.2, -0.15) is 0 Å². The topological polar surface area (TPSA) is 110 Å². The molecule has 1 saturated heterocycles. The highest BCUT2D eigenvalue weighted by molar-refractivity contribution is 6.31. The van der Waals surface area contributed by atoms with Crippen molar-refractivity contribution in [2.24, 2.45) is 0 Å². The van der Waals surface area contributed by atoms with Crippen LogP contribution >= 0.6 is 11.6 Å². The smallest absolute Gasteiger partial charge is 0.341 e. The molecular weight excluding hydrogens is 519 g/mol. The summed E-state index contributed by atoms with van der Waals surface area (Å²) in [5.74, 6) is -1.67. The van der Waals surface area contributed by atoms with Crippen LogP contribution in [0.1, 0.15) is 34.5 Å². The van der Waals surface area contributed by atoms with E-state index in [0.29, 0.717) is 43.1 Å². The number of halogens is 2. The average molecular weight is 549 g/mol. The molecule has 3 aromatic rings. The lowest BCUT2D eigenvalue weighted by molar-refractivity contribution is 0.0456. The standard InChI is InChI=1S/C27H30ClFN2O7/c1-15(36-2)23(14-32)31-13-20(27(34)35)26(33)24-16(10-19(37-3)12-22(24)31)8-17-9-18(11-21(28)25(17)29)30-4-6-38-7-5-30/h9-13,15,23,32H,4-8,14H2,1-3H3,(H,34,35). The maximum atomic E-state index is 15.3. The van der Waals surface area contributed by atoms with Gasteiger partial charge in [0.25, 0.3) is 0 Å². The van der Waals surface area contributed by atoms with Crippen LogP contribution in [0.15, 0.2) is 35.3 Å². The van der Waals surface area contributed by atoms with Gasteiger partial charge < -0.3 is 33.9 Å². The molecule has 9 nitrogen and oxygen atoms in total. The van der Waals surface area contributed by atoms with Gasteiger partial charge in [-0.1, -0.05) is 11.6 Å². The Morgan fingerprint density at radius 3 is 2.50 bits per heavy atom. The number of fused-ring (bicyclic) bond motifs is 1. The molecule has 2 heterocycles. The largest absolute Gasteiger partial charge is 0.497 e. The molecule has 0 bridgehead atoms. The van der Waals surface area contributed by atoms with Crippen molar-refractivity contribution < 1.29 is 33.6 Å². The first-order chi connectivity index (χ1) is 18.2. The van der Waals surface area contributed by atoms with E-state index in [1.54, 1.807) is 31.2 Å². The Kier molecular flexibility index (Phi) is 8.57. The van der Waals surface area contributed by atoms with Crippen molar-refractivity contribution in [3.8, 4) is 5.75 Å². The van der Waals surface area contributed by atoms with Crippen molar-refractivity contribution in [3.05, 3.63) is 68.2 Å². The summed E-state index contributed by atoms with van der Waals surface area (Å²) in [6.07, 6.45) is 0.617. The number of benzene rings is 2. The predicted molar refractivity (Wildman–Crippen MR) is 142 cm³/mol. The highest BCUT2D eigenvalue weighted by atomic mass is 35.5. The maximum absolute atomic E-state index is 15.3. The van der Waals surface area contributed by atoms with Gasteiger partial charge in [0.2, 0.25) is 5.43 Å². The number of anilines is 1. The van der Waals surface area contributed by atoms with E-state index in [2.05, 4.69) is 0 Å². The zero-order chi connectivity index (χ0) is 27.6. The van der Waals surface area contributed by atoms with E-state index in [1.165, 1.54) is 25.0 Å². The lowest BCUT2D eigenvalue weighted by atomic mass is 9.97. The van der Waals surface area contributed by atoms with Gasteiger partial charge in [-0.3, -0.25) is 4.79 Å². The van der Waals surface area contributed by atoms with E-state index >= 15 is 4.39 Å². The number of ether oxygens (including phenoxy) is 3. The minimum atomic E-state index is -1.42. The molecule has 204 valence electrons. The molecule has 11 heteroatoms. The minimum Gasteiger partial charge on any atom is -0.497 e. The van der Waals surface area contributed by atoms with Crippen molar-refractivity contribution in [3.63, 3.8) is 0 Å². The van der Waals surface area contributed by atoms with E-state index in [1.807, 2.05) is 4.90 Å². The molecule has 0 amide bonds. The SMILES string of the molecule is COc1cc(Cc2cc(N3CCOCC3)cc(Cl)c2F)c2c(=O)c(C(=O)O)cn(C(CO)C(C)OC)c2c1. The molecule has 4 rings (SSSR count). The summed E-state index contributed by atoms with van der Waals surface area (Å²) in [6, 6.07) is 5.70. The molecule has 38 heavy (non-hydrogen) atoms. The van der Waals surface area contributed by atoms with Crippen LogP contribution in [0.4, 0.5) is 10.1 Å². The molecule has 2 atom stereocenters. The van der Waals surface area contributed by atoms with Crippen LogP contribution in [-0.4, -0.2) is 74.0 Å². The van der Waals surface area contributed by atoms with Crippen molar-refractivity contribution in [1.82, 2.24) is 4.57 Å². The number of rotatable bonds is 9. The second kappa shape index (κ2) is 11.7. The number of methoxy groups -OCH3 is 2. The van der Waals surface area contributed by atoms with Gasteiger partial charge in [0.05, 0.1) is 55.0 Å². The molecule has 2 N–H and O–H groups in total. The number of aliphatic hydroxyl groups is 1. The third-order valence-electron chi connectivity index (χ3n) is 6.96. The molecule has 1 aliphatic rings. The Hall–Kier alpha value is -3.18. The Balaban J connectivity index is 1.97. The van der Waals surface area contributed by atoms with Gasteiger partial charge >= 0.3 is 5.97 Å². The number of morpholine rings is 1. The van der Waals surface area contributed by atoms with Crippen molar-refractivity contribution in [2.45, 2.75) is 25.5 Å². The molecule has 1 aliphatic heterocycles.